The van der Waals surface area contributed by atoms with Gasteiger partial charge in [0.05, 0.1) is 19.1 Å². The van der Waals surface area contributed by atoms with Gasteiger partial charge in [0, 0.05) is 12.2 Å². The Morgan fingerprint density at radius 1 is 0.833 bits per heavy atom. The van der Waals surface area contributed by atoms with Crippen molar-refractivity contribution in [2.45, 2.75) is 43.4 Å². The van der Waals surface area contributed by atoms with Crippen LogP contribution in [0.15, 0.2) is 0 Å². The normalized spacial score (nSPS) is 14.5. The molecule has 0 rings (SSSR count). The number of carboxylic acid groups (broad SMARTS) is 1. The van der Waals surface area contributed by atoms with Crippen molar-refractivity contribution in [2.24, 2.45) is 17.2 Å². The third kappa shape index (κ3) is 10.0. The van der Waals surface area contributed by atoms with Gasteiger partial charge in [-0.15, -0.1) is 0 Å². The average Bonchev–Trinajstić information content (AvgIpc) is 2.66. The number of carboxylic acids is 1. The summed E-state index contributed by atoms with van der Waals surface area (Å²) in [6.07, 6.45) is -1.23. The fourth-order valence-electron chi connectivity index (χ4n) is 2.06. The lowest BCUT2D eigenvalue weighted by Gasteiger charge is -2.23. The molecule has 0 saturated carbocycles. The van der Waals surface area contributed by atoms with Crippen molar-refractivity contribution >= 4 is 48.1 Å². The van der Waals surface area contributed by atoms with Gasteiger partial charge in [0.2, 0.25) is 29.5 Å². The van der Waals surface area contributed by atoms with E-state index in [2.05, 4.69) is 23.3 Å². The molecule has 4 atom stereocenters. The standard InChI is InChI=1S/C15H26N6O8S/c16-6(5-30)12(25)19-7(1-2-10(17)23)13(26)21-9(4-22)14(27)20-8(15(28)29)3-11(18)24/h6-9,22,30H,1-5,16H2,(H2,17,23)(H2,18,24)(H,19,25)(H,20,27)(H,21,26)(H,28,29). The highest BCUT2D eigenvalue weighted by atomic mass is 32.1. The zero-order chi connectivity index (χ0) is 23.4. The number of primary amides is 2. The molecule has 0 aromatic carbocycles. The number of hydrogen-bond donors (Lipinski definition) is 9. The Kier molecular flexibility index (Phi) is 12.0. The average molecular weight is 450 g/mol. The number of aliphatic carboxylic acids is 1. The molecule has 0 bridgehead atoms. The van der Waals surface area contributed by atoms with Crippen LogP contribution in [0.4, 0.5) is 0 Å². The number of nitrogens with one attached hydrogen (secondary N) is 3. The Bertz CT molecular complexity index is 676. The molecule has 0 aliphatic carbocycles. The third-order valence-corrected chi connectivity index (χ3v) is 4.07. The van der Waals surface area contributed by atoms with Crippen molar-refractivity contribution in [1.82, 2.24) is 16.0 Å². The van der Waals surface area contributed by atoms with E-state index in [1.54, 1.807) is 0 Å². The summed E-state index contributed by atoms with van der Waals surface area (Å²) in [5.74, 6) is -6.19. The van der Waals surface area contributed by atoms with Gasteiger partial charge in [-0.05, 0) is 6.42 Å². The number of amides is 5. The molecular weight excluding hydrogens is 424 g/mol. The van der Waals surface area contributed by atoms with Crippen LogP contribution in [-0.2, 0) is 28.8 Å². The number of carbonyl (C=O) groups is 6. The molecule has 11 N–H and O–H groups in total. The molecule has 14 nitrogen and oxygen atoms in total. The maximum absolute atomic E-state index is 12.5. The van der Waals surface area contributed by atoms with Crippen molar-refractivity contribution < 1.29 is 39.0 Å². The summed E-state index contributed by atoms with van der Waals surface area (Å²) < 4.78 is 0. The third-order valence-electron chi connectivity index (χ3n) is 3.68. The fraction of sp³-hybridized carbons (Fsp3) is 0.600. The van der Waals surface area contributed by atoms with Gasteiger partial charge in [0.1, 0.15) is 18.1 Å². The van der Waals surface area contributed by atoms with Gasteiger partial charge in [-0.3, -0.25) is 24.0 Å². The molecule has 0 aliphatic heterocycles. The maximum Gasteiger partial charge on any atom is 0.326 e. The van der Waals surface area contributed by atoms with Gasteiger partial charge >= 0.3 is 5.97 Å². The maximum atomic E-state index is 12.5. The zero-order valence-electron chi connectivity index (χ0n) is 15.9. The summed E-state index contributed by atoms with van der Waals surface area (Å²) in [5, 5.41) is 24.7. The summed E-state index contributed by atoms with van der Waals surface area (Å²) in [4.78, 5) is 69.6. The van der Waals surface area contributed by atoms with Gasteiger partial charge in [-0.1, -0.05) is 0 Å². The second-order valence-electron chi connectivity index (χ2n) is 6.17. The lowest BCUT2D eigenvalue weighted by Crippen LogP contribution is -2.58. The Hall–Kier alpha value is -2.91. The minimum atomic E-state index is -1.68. The highest BCUT2D eigenvalue weighted by Crippen LogP contribution is 2.01. The molecule has 0 aliphatic rings. The van der Waals surface area contributed by atoms with Crippen molar-refractivity contribution in [1.29, 1.82) is 0 Å². The highest BCUT2D eigenvalue weighted by Gasteiger charge is 2.30. The number of thiol groups is 1. The first-order valence-electron chi connectivity index (χ1n) is 8.60. The number of aliphatic hydroxyl groups is 1. The van der Waals surface area contributed by atoms with E-state index in [4.69, 9.17) is 22.3 Å². The molecule has 30 heavy (non-hydrogen) atoms. The van der Waals surface area contributed by atoms with Crippen LogP contribution in [0.1, 0.15) is 19.3 Å². The molecular formula is C15H26N6O8S. The van der Waals surface area contributed by atoms with Crippen LogP contribution in [0.25, 0.3) is 0 Å². The summed E-state index contributed by atoms with van der Waals surface area (Å²) in [6.45, 7) is -0.937. The van der Waals surface area contributed by atoms with E-state index in [-0.39, 0.29) is 18.6 Å². The molecule has 0 fully saturated rings. The van der Waals surface area contributed by atoms with E-state index in [0.717, 1.165) is 0 Å². The first-order chi connectivity index (χ1) is 13.9. The minimum Gasteiger partial charge on any atom is -0.480 e. The highest BCUT2D eigenvalue weighted by molar-refractivity contribution is 7.80. The van der Waals surface area contributed by atoms with Gasteiger partial charge < -0.3 is 43.4 Å². The van der Waals surface area contributed by atoms with Crippen molar-refractivity contribution in [3.63, 3.8) is 0 Å². The summed E-state index contributed by atoms with van der Waals surface area (Å²) in [5.41, 5.74) is 15.5. The number of rotatable bonds is 14. The molecule has 4 unspecified atom stereocenters. The number of carbonyl (C=O) groups excluding carboxylic acids is 5. The zero-order valence-corrected chi connectivity index (χ0v) is 16.8. The van der Waals surface area contributed by atoms with Crippen LogP contribution < -0.4 is 33.2 Å². The number of hydrogen-bond acceptors (Lipinski definition) is 9. The first-order valence-corrected chi connectivity index (χ1v) is 9.23. The van der Waals surface area contributed by atoms with Gasteiger partial charge in [0.15, 0.2) is 0 Å². The Morgan fingerprint density at radius 3 is 1.77 bits per heavy atom. The molecule has 15 heteroatoms. The van der Waals surface area contributed by atoms with Crippen molar-refractivity contribution in [3.05, 3.63) is 0 Å². The predicted octanol–water partition coefficient (Wildman–Crippen LogP) is -5.08. The van der Waals surface area contributed by atoms with Crippen molar-refractivity contribution in [2.75, 3.05) is 12.4 Å². The largest absolute Gasteiger partial charge is 0.480 e. The predicted molar refractivity (Wildman–Crippen MR) is 105 cm³/mol. The van der Waals surface area contributed by atoms with E-state index < -0.39 is 72.7 Å². The van der Waals surface area contributed by atoms with Crippen molar-refractivity contribution in [3.8, 4) is 0 Å². The summed E-state index contributed by atoms with van der Waals surface area (Å²) >= 11 is 3.86. The van der Waals surface area contributed by atoms with Crippen LogP contribution in [-0.4, -0.2) is 82.2 Å². The SMILES string of the molecule is NC(=O)CCC(NC(=O)C(N)CS)C(=O)NC(CO)C(=O)NC(CC(N)=O)C(=O)O. The fourth-order valence-corrected chi connectivity index (χ4v) is 2.22. The summed E-state index contributed by atoms with van der Waals surface area (Å²) in [6, 6.07) is -5.70. The van der Waals surface area contributed by atoms with Gasteiger partial charge in [-0.2, -0.15) is 12.6 Å². The Labute approximate surface area is 176 Å². The summed E-state index contributed by atoms with van der Waals surface area (Å²) in [7, 11) is 0. The molecule has 0 aromatic heterocycles. The topological polar surface area (TPSA) is 257 Å². The number of aliphatic hydroxyl groups excluding tert-OH is 1. The Morgan fingerprint density at radius 2 is 1.33 bits per heavy atom. The molecule has 0 saturated heterocycles. The quantitative estimate of drug-likeness (QED) is 0.114. The molecule has 0 aromatic rings. The van der Waals surface area contributed by atoms with Crippen LogP contribution in [0, 0.1) is 0 Å². The van der Waals surface area contributed by atoms with Crippen LogP contribution in [0.5, 0.6) is 0 Å². The second-order valence-corrected chi connectivity index (χ2v) is 6.53. The molecule has 0 spiro atoms. The van der Waals surface area contributed by atoms with E-state index in [0.29, 0.717) is 0 Å². The van der Waals surface area contributed by atoms with Crippen LogP contribution >= 0.6 is 12.6 Å². The smallest absolute Gasteiger partial charge is 0.326 e. The first kappa shape index (κ1) is 27.1. The van der Waals surface area contributed by atoms with E-state index in [1.807, 2.05) is 5.32 Å². The van der Waals surface area contributed by atoms with Crippen LogP contribution in [0.3, 0.4) is 0 Å². The van der Waals surface area contributed by atoms with E-state index >= 15 is 0 Å². The second kappa shape index (κ2) is 13.3. The van der Waals surface area contributed by atoms with E-state index in [1.165, 1.54) is 0 Å². The molecule has 0 radical (unpaired) electrons. The lowest BCUT2D eigenvalue weighted by atomic mass is 10.1. The van der Waals surface area contributed by atoms with Gasteiger partial charge in [0.25, 0.3) is 0 Å². The molecule has 5 amide bonds. The molecule has 0 heterocycles. The van der Waals surface area contributed by atoms with Gasteiger partial charge in [-0.25, -0.2) is 4.79 Å². The molecule has 170 valence electrons. The van der Waals surface area contributed by atoms with Crippen LogP contribution in [0.2, 0.25) is 0 Å². The number of nitrogens with two attached hydrogens (primary N) is 3. The lowest BCUT2D eigenvalue weighted by molar-refractivity contribution is -0.144. The van der Waals surface area contributed by atoms with E-state index in [9.17, 15) is 33.9 Å². The Balaban J connectivity index is 5.26. The monoisotopic (exact) mass is 450 g/mol. The minimum absolute atomic E-state index is 0.0336.